The van der Waals surface area contributed by atoms with Gasteiger partial charge in [0.05, 0.1) is 22.2 Å². The van der Waals surface area contributed by atoms with Gasteiger partial charge < -0.3 is 20.4 Å². The van der Waals surface area contributed by atoms with E-state index in [1.807, 2.05) is 6.92 Å². The van der Waals surface area contributed by atoms with Crippen LogP contribution in [0.1, 0.15) is 23.7 Å². The van der Waals surface area contributed by atoms with Gasteiger partial charge >= 0.3 is 12.2 Å². The Balaban J connectivity index is 1.67. The quantitative estimate of drug-likeness (QED) is 0.159. The van der Waals surface area contributed by atoms with Crippen molar-refractivity contribution in [3.8, 4) is 40.2 Å². The van der Waals surface area contributed by atoms with E-state index in [-0.39, 0.29) is 17.3 Å². The summed E-state index contributed by atoms with van der Waals surface area (Å²) in [5.41, 5.74) is 9.42. The van der Waals surface area contributed by atoms with Crippen molar-refractivity contribution in [1.82, 2.24) is 19.5 Å². The summed E-state index contributed by atoms with van der Waals surface area (Å²) in [6.45, 7) is 7.06. The van der Waals surface area contributed by atoms with Crippen molar-refractivity contribution >= 4 is 28.3 Å². The minimum atomic E-state index is -4.74. The Labute approximate surface area is 248 Å². The van der Waals surface area contributed by atoms with Crippen molar-refractivity contribution in [1.29, 1.82) is 5.26 Å². The molecule has 0 aliphatic rings. The number of halogens is 4. The second-order valence-electron chi connectivity index (χ2n) is 9.91. The standard InChI is InChI=1S/C31H23F4N7O2/c1-15(2)29(43)40-19-6-7-20(16(3)11-19)27-24(25-26(42(27)4)18(13-36)14-39-28(25)37)17-5-8-22(21(32)12-17)44-30-38-10-9-23(41-30)31(33,34)35/h5-12,14H,1H2,2-4H3,(H2,37,39)(H,40,43). The van der Waals surface area contributed by atoms with Gasteiger partial charge in [0.1, 0.15) is 11.9 Å². The molecule has 0 unspecified atom stereocenters. The highest BCUT2D eigenvalue weighted by atomic mass is 19.4. The number of fused-ring (bicyclic) bond motifs is 1. The zero-order chi connectivity index (χ0) is 31.9. The second kappa shape index (κ2) is 11.1. The second-order valence-corrected chi connectivity index (χ2v) is 9.91. The number of amides is 1. The molecule has 0 atom stereocenters. The molecule has 2 aromatic carbocycles. The average Bonchev–Trinajstić information content (AvgIpc) is 3.27. The van der Waals surface area contributed by atoms with Gasteiger partial charge in [0.25, 0.3) is 5.91 Å². The van der Waals surface area contributed by atoms with Crippen LogP contribution in [0.3, 0.4) is 0 Å². The predicted octanol–water partition coefficient (Wildman–Crippen LogP) is 6.92. The van der Waals surface area contributed by atoms with Crippen LogP contribution in [0.5, 0.6) is 11.8 Å². The summed E-state index contributed by atoms with van der Waals surface area (Å²) < 4.78 is 61.8. The van der Waals surface area contributed by atoms with E-state index in [1.165, 1.54) is 18.3 Å². The monoisotopic (exact) mass is 601 g/mol. The Hall–Kier alpha value is -5.77. The van der Waals surface area contributed by atoms with Gasteiger partial charge in [0, 0.05) is 41.8 Å². The summed E-state index contributed by atoms with van der Waals surface area (Å²) in [5, 5.41) is 13.0. The molecule has 0 saturated heterocycles. The molecule has 13 heteroatoms. The number of carbonyl (C=O) groups is 1. The Bertz CT molecular complexity index is 2030. The van der Waals surface area contributed by atoms with E-state index in [9.17, 15) is 23.2 Å². The van der Waals surface area contributed by atoms with E-state index >= 15 is 4.39 Å². The molecule has 0 saturated carbocycles. The molecule has 9 nitrogen and oxygen atoms in total. The first kappa shape index (κ1) is 29.7. The van der Waals surface area contributed by atoms with Gasteiger partial charge in [-0.05, 0) is 55.3 Å². The largest absolute Gasteiger partial charge is 0.433 e. The normalized spacial score (nSPS) is 11.3. The Morgan fingerprint density at radius 2 is 1.91 bits per heavy atom. The zero-order valence-corrected chi connectivity index (χ0v) is 23.5. The Morgan fingerprint density at radius 1 is 1.16 bits per heavy atom. The van der Waals surface area contributed by atoms with Gasteiger partial charge in [0.2, 0.25) is 0 Å². The molecular formula is C31H23F4N7O2. The van der Waals surface area contributed by atoms with Crippen LogP contribution in [0.25, 0.3) is 33.3 Å². The summed E-state index contributed by atoms with van der Waals surface area (Å²) in [6, 6.07) is 11.2. The van der Waals surface area contributed by atoms with Crippen molar-refractivity contribution in [2.24, 2.45) is 7.05 Å². The summed E-state index contributed by atoms with van der Waals surface area (Å²) >= 11 is 0. The molecule has 3 N–H and O–H groups in total. The van der Waals surface area contributed by atoms with Crippen molar-refractivity contribution < 1.29 is 27.1 Å². The number of aromatic nitrogens is 4. The minimum absolute atomic E-state index is 0.0944. The van der Waals surface area contributed by atoms with E-state index in [4.69, 9.17) is 10.5 Å². The topological polar surface area (TPSA) is 132 Å². The van der Waals surface area contributed by atoms with Gasteiger partial charge in [0.15, 0.2) is 17.3 Å². The fourth-order valence-corrected chi connectivity index (χ4v) is 4.82. The van der Waals surface area contributed by atoms with Gasteiger partial charge in [-0.15, -0.1) is 0 Å². The number of hydrogen-bond donors (Lipinski definition) is 2. The number of ether oxygens (including phenoxy) is 1. The number of aryl methyl sites for hydroxylation is 2. The zero-order valence-electron chi connectivity index (χ0n) is 23.5. The van der Waals surface area contributed by atoms with Gasteiger partial charge in [-0.1, -0.05) is 18.7 Å². The third kappa shape index (κ3) is 5.40. The fourth-order valence-electron chi connectivity index (χ4n) is 4.82. The number of nitrogens with zero attached hydrogens (tertiary/aromatic N) is 5. The molecule has 3 aromatic heterocycles. The number of nitrogens with two attached hydrogens (primary N) is 1. The molecule has 222 valence electrons. The molecule has 0 spiro atoms. The first-order chi connectivity index (χ1) is 20.8. The number of alkyl halides is 3. The van der Waals surface area contributed by atoms with Crippen LogP contribution in [-0.2, 0) is 18.0 Å². The van der Waals surface area contributed by atoms with Crippen LogP contribution in [0.4, 0.5) is 29.1 Å². The maximum Gasteiger partial charge on any atom is 0.433 e. The third-order valence-corrected chi connectivity index (χ3v) is 6.83. The number of nitriles is 1. The molecular weight excluding hydrogens is 578 g/mol. The lowest BCUT2D eigenvalue weighted by Crippen LogP contribution is -2.11. The van der Waals surface area contributed by atoms with Crippen LogP contribution in [-0.4, -0.2) is 25.4 Å². The molecule has 0 fully saturated rings. The predicted molar refractivity (Wildman–Crippen MR) is 156 cm³/mol. The number of nitrogen functional groups attached to an aromatic ring is 1. The van der Waals surface area contributed by atoms with Crippen LogP contribution in [0.15, 0.2) is 67.0 Å². The first-order valence-electron chi connectivity index (χ1n) is 12.9. The Kier molecular flexibility index (Phi) is 7.52. The Morgan fingerprint density at radius 3 is 2.55 bits per heavy atom. The van der Waals surface area contributed by atoms with Crippen molar-refractivity contribution in [3.05, 3.63) is 89.6 Å². The number of anilines is 2. The van der Waals surface area contributed by atoms with E-state index < -0.39 is 29.4 Å². The number of benzene rings is 2. The third-order valence-electron chi connectivity index (χ3n) is 6.83. The van der Waals surface area contributed by atoms with Crippen LogP contribution in [0.2, 0.25) is 0 Å². The molecule has 0 bridgehead atoms. The molecule has 5 rings (SSSR count). The molecule has 0 radical (unpaired) electrons. The summed E-state index contributed by atoms with van der Waals surface area (Å²) in [5.74, 6) is -1.57. The molecule has 3 heterocycles. The van der Waals surface area contributed by atoms with Gasteiger partial charge in [-0.2, -0.15) is 23.4 Å². The maximum absolute atomic E-state index is 15.5. The number of carbonyl (C=O) groups excluding carboxylic acids is 1. The van der Waals surface area contributed by atoms with Crippen molar-refractivity contribution in [2.45, 2.75) is 20.0 Å². The van der Waals surface area contributed by atoms with E-state index in [2.05, 4.69) is 32.9 Å². The molecule has 1 amide bonds. The summed E-state index contributed by atoms with van der Waals surface area (Å²) in [6.07, 6.45) is -2.53. The summed E-state index contributed by atoms with van der Waals surface area (Å²) in [7, 11) is 1.73. The van der Waals surface area contributed by atoms with Crippen LogP contribution >= 0.6 is 0 Å². The lowest BCUT2D eigenvalue weighted by Gasteiger charge is -2.14. The number of hydrogen-bond acceptors (Lipinski definition) is 7. The first-order valence-corrected chi connectivity index (χ1v) is 12.9. The van der Waals surface area contributed by atoms with Gasteiger partial charge in [-0.3, -0.25) is 4.79 Å². The lowest BCUT2D eigenvalue weighted by molar-refractivity contribution is -0.141. The highest BCUT2D eigenvalue weighted by molar-refractivity contribution is 6.11. The van der Waals surface area contributed by atoms with E-state index in [0.717, 1.165) is 17.8 Å². The molecule has 0 aliphatic heterocycles. The molecule has 44 heavy (non-hydrogen) atoms. The average molecular weight is 602 g/mol. The number of nitrogens with one attached hydrogen (secondary N) is 1. The SMILES string of the molecule is C=C(C)C(=O)Nc1ccc(-c2c(-c3ccc(Oc4nccc(C(F)(F)F)n4)c(F)c3)c3c(N)ncc(C#N)c3n2C)c(C)c1. The smallest absolute Gasteiger partial charge is 0.421 e. The lowest BCUT2D eigenvalue weighted by atomic mass is 9.95. The van der Waals surface area contributed by atoms with Gasteiger partial charge in [-0.25, -0.2) is 14.4 Å². The van der Waals surface area contributed by atoms with Crippen molar-refractivity contribution in [2.75, 3.05) is 11.1 Å². The number of pyridine rings is 1. The molecule has 0 aliphatic carbocycles. The van der Waals surface area contributed by atoms with E-state index in [0.29, 0.717) is 50.6 Å². The summed E-state index contributed by atoms with van der Waals surface area (Å²) in [4.78, 5) is 23.3. The minimum Gasteiger partial charge on any atom is -0.421 e. The maximum atomic E-state index is 15.5. The van der Waals surface area contributed by atoms with E-state index in [1.54, 1.807) is 36.7 Å². The molecule has 5 aromatic rings. The van der Waals surface area contributed by atoms with Crippen LogP contribution < -0.4 is 15.8 Å². The highest BCUT2D eigenvalue weighted by Gasteiger charge is 2.33. The fraction of sp³-hybridized carbons (Fsp3) is 0.129. The van der Waals surface area contributed by atoms with Crippen molar-refractivity contribution in [3.63, 3.8) is 0 Å². The number of rotatable bonds is 6. The van der Waals surface area contributed by atoms with Crippen LogP contribution in [0, 0.1) is 24.1 Å². The highest BCUT2D eigenvalue weighted by Crippen LogP contribution is 2.45.